The van der Waals surface area contributed by atoms with Gasteiger partial charge in [0.05, 0.1) is 6.20 Å². The molecule has 3 aromatic rings. The number of fused-ring (bicyclic) bond motifs is 1. The first kappa shape index (κ1) is 11.7. The summed E-state index contributed by atoms with van der Waals surface area (Å²) in [5.74, 6) is 0. The van der Waals surface area contributed by atoms with E-state index in [4.69, 9.17) is 16.3 Å². The third-order valence-electron chi connectivity index (χ3n) is 2.53. The molecule has 19 heavy (non-hydrogen) atoms. The van der Waals surface area contributed by atoms with Crippen molar-refractivity contribution in [2.24, 2.45) is 0 Å². The Morgan fingerprint density at radius 1 is 1.21 bits per heavy atom. The maximum atomic E-state index is 11.1. The van der Waals surface area contributed by atoms with Gasteiger partial charge in [-0.1, -0.05) is 23.7 Å². The summed E-state index contributed by atoms with van der Waals surface area (Å²) in [4.78, 5) is 24.3. The first-order valence-corrected chi connectivity index (χ1v) is 5.91. The molecule has 96 valence electrons. The predicted molar refractivity (Wildman–Crippen MR) is 70.3 cm³/mol. The summed E-state index contributed by atoms with van der Waals surface area (Å²) in [6, 6.07) is 7.50. The number of nitrogens with zero attached hydrogens (tertiary/aromatic N) is 2. The molecule has 0 fully saturated rings. The van der Waals surface area contributed by atoms with E-state index in [1.807, 2.05) is 12.1 Å². The lowest BCUT2D eigenvalue weighted by Gasteiger charge is -2.04. The molecule has 3 rings (SSSR count). The van der Waals surface area contributed by atoms with Gasteiger partial charge in [0.1, 0.15) is 12.1 Å². The Kier molecular flexibility index (Phi) is 2.92. The molecule has 0 saturated carbocycles. The number of rotatable bonds is 3. The number of imidazole rings is 1. The van der Waals surface area contributed by atoms with Crippen molar-refractivity contribution in [1.82, 2.24) is 19.9 Å². The second-order valence-electron chi connectivity index (χ2n) is 3.91. The van der Waals surface area contributed by atoms with Crippen LogP contribution in [0.1, 0.15) is 5.56 Å². The molecule has 0 amide bonds. The monoisotopic (exact) mass is 276 g/mol. The van der Waals surface area contributed by atoms with Gasteiger partial charge in [0.15, 0.2) is 5.65 Å². The molecule has 0 unspecified atom stereocenters. The fourth-order valence-electron chi connectivity index (χ4n) is 1.61. The molecule has 0 aliphatic carbocycles. The van der Waals surface area contributed by atoms with Crippen LogP contribution in [-0.2, 0) is 6.61 Å². The first-order valence-electron chi connectivity index (χ1n) is 5.53. The van der Waals surface area contributed by atoms with Gasteiger partial charge >= 0.3 is 11.7 Å². The Labute approximate surface area is 112 Å². The quantitative estimate of drug-likeness (QED) is 0.765. The highest BCUT2D eigenvalue weighted by molar-refractivity contribution is 6.30. The number of benzene rings is 1. The van der Waals surface area contributed by atoms with E-state index in [1.165, 1.54) is 6.20 Å². The van der Waals surface area contributed by atoms with E-state index in [0.29, 0.717) is 22.8 Å². The van der Waals surface area contributed by atoms with Crippen molar-refractivity contribution in [3.8, 4) is 6.01 Å². The molecule has 6 nitrogen and oxygen atoms in total. The zero-order valence-corrected chi connectivity index (χ0v) is 10.4. The predicted octanol–water partition coefficient (Wildman–Crippen LogP) is 1.88. The number of halogens is 1. The van der Waals surface area contributed by atoms with E-state index in [2.05, 4.69) is 19.9 Å². The summed E-state index contributed by atoms with van der Waals surface area (Å²) in [6.45, 7) is 0.331. The number of aromatic amines is 2. The van der Waals surface area contributed by atoms with E-state index in [1.54, 1.807) is 12.1 Å². The molecule has 0 atom stereocenters. The molecule has 1 aromatic carbocycles. The SMILES string of the molecule is O=c1[nH]c2cnc(OCc3ccc(Cl)cc3)nc2[nH]1. The number of aromatic nitrogens is 4. The van der Waals surface area contributed by atoms with Gasteiger partial charge in [-0.25, -0.2) is 9.78 Å². The van der Waals surface area contributed by atoms with Crippen LogP contribution in [0, 0.1) is 0 Å². The molecule has 0 aliphatic rings. The average Bonchev–Trinajstić information content (AvgIpc) is 2.77. The fraction of sp³-hybridized carbons (Fsp3) is 0.0833. The fourth-order valence-corrected chi connectivity index (χ4v) is 1.74. The number of hydrogen-bond acceptors (Lipinski definition) is 4. The molecule has 0 aliphatic heterocycles. The molecule has 2 N–H and O–H groups in total. The highest BCUT2D eigenvalue weighted by Gasteiger charge is 2.04. The van der Waals surface area contributed by atoms with Gasteiger partial charge in [0, 0.05) is 5.02 Å². The number of nitrogens with one attached hydrogen (secondary N) is 2. The molecule has 0 spiro atoms. The van der Waals surface area contributed by atoms with Crippen molar-refractivity contribution in [2.45, 2.75) is 6.61 Å². The molecule has 7 heteroatoms. The lowest BCUT2D eigenvalue weighted by atomic mass is 10.2. The van der Waals surface area contributed by atoms with Crippen molar-refractivity contribution in [3.63, 3.8) is 0 Å². The minimum absolute atomic E-state index is 0.206. The van der Waals surface area contributed by atoms with Gasteiger partial charge in [-0.05, 0) is 17.7 Å². The lowest BCUT2D eigenvalue weighted by Crippen LogP contribution is -2.00. The lowest BCUT2D eigenvalue weighted by molar-refractivity contribution is 0.282. The molecular formula is C12H9ClN4O2. The number of hydrogen-bond donors (Lipinski definition) is 2. The smallest absolute Gasteiger partial charge is 0.325 e. The third-order valence-corrected chi connectivity index (χ3v) is 2.78. The zero-order valence-electron chi connectivity index (χ0n) is 9.68. The number of ether oxygens (including phenoxy) is 1. The summed E-state index contributed by atoms with van der Waals surface area (Å²) in [6.07, 6.45) is 1.50. The normalized spacial score (nSPS) is 10.8. The van der Waals surface area contributed by atoms with E-state index in [0.717, 1.165) is 5.56 Å². The van der Waals surface area contributed by atoms with Crippen LogP contribution in [-0.4, -0.2) is 19.9 Å². The van der Waals surface area contributed by atoms with Crippen molar-refractivity contribution < 1.29 is 4.74 Å². The van der Waals surface area contributed by atoms with Crippen molar-refractivity contribution >= 4 is 22.8 Å². The maximum absolute atomic E-state index is 11.1. The summed E-state index contributed by atoms with van der Waals surface area (Å²) < 4.78 is 5.45. The highest BCUT2D eigenvalue weighted by atomic mass is 35.5. The van der Waals surface area contributed by atoms with Crippen molar-refractivity contribution in [2.75, 3.05) is 0 Å². The van der Waals surface area contributed by atoms with E-state index >= 15 is 0 Å². The molecule has 0 saturated heterocycles. The van der Waals surface area contributed by atoms with E-state index in [-0.39, 0.29) is 11.7 Å². The number of H-pyrrole nitrogens is 2. The molecule has 0 bridgehead atoms. The summed E-state index contributed by atoms with van der Waals surface area (Å²) in [5, 5.41) is 0.673. The average molecular weight is 277 g/mol. The van der Waals surface area contributed by atoms with Crippen LogP contribution in [0.3, 0.4) is 0 Å². The van der Waals surface area contributed by atoms with Gasteiger partial charge in [0.2, 0.25) is 0 Å². The van der Waals surface area contributed by atoms with Gasteiger partial charge in [0.25, 0.3) is 0 Å². The van der Waals surface area contributed by atoms with Crippen LogP contribution in [0.15, 0.2) is 35.3 Å². The van der Waals surface area contributed by atoms with Gasteiger partial charge in [-0.3, -0.25) is 4.98 Å². The molecule has 0 radical (unpaired) electrons. The Morgan fingerprint density at radius 2 is 2.00 bits per heavy atom. The molecular weight excluding hydrogens is 268 g/mol. The van der Waals surface area contributed by atoms with Gasteiger partial charge in [-0.15, -0.1) is 0 Å². The Morgan fingerprint density at radius 3 is 2.79 bits per heavy atom. The summed E-state index contributed by atoms with van der Waals surface area (Å²) >= 11 is 5.79. The maximum Gasteiger partial charge on any atom is 0.325 e. The Hall–Kier alpha value is -2.34. The summed E-state index contributed by atoms with van der Waals surface area (Å²) in [7, 11) is 0. The van der Waals surface area contributed by atoms with E-state index in [9.17, 15) is 4.79 Å². The zero-order chi connectivity index (χ0) is 13.2. The van der Waals surface area contributed by atoms with E-state index < -0.39 is 0 Å². The minimum atomic E-state index is -0.320. The second kappa shape index (κ2) is 4.74. The summed E-state index contributed by atoms with van der Waals surface area (Å²) in [5.41, 5.74) is 1.60. The minimum Gasteiger partial charge on any atom is -0.459 e. The van der Waals surface area contributed by atoms with Crippen LogP contribution in [0.25, 0.3) is 11.2 Å². The third kappa shape index (κ3) is 2.58. The first-order chi connectivity index (χ1) is 9.20. The van der Waals surface area contributed by atoms with Crippen LogP contribution in [0.5, 0.6) is 6.01 Å². The standard InChI is InChI=1S/C12H9ClN4O2/c13-8-3-1-7(2-4-8)6-19-12-14-5-9-10(17-12)16-11(18)15-9/h1-5H,6H2,(H2,14,15,16,17,18). The Bertz CT molecular complexity index is 763. The highest BCUT2D eigenvalue weighted by Crippen LogP contribution is 2.12. The van der Waals surface area contributed by atoms with Crippen LogP contribution in [0.4, 0.5) is 0 Å². The van der Waals surface area contributed by atoms with Crippen molar-refractivity contribution in [1.29, 1.82) is 0 Å². The van der Waals surface area contributed by atoms with Gasteiger partial charge in [-0.2, -0.15) is 4.98 Å². The Balaban J connectivity index is 1.77. The molecule has 2 aromatic heterocycles. The molecule has 2 heterocycles. The van der Waals surface area contributed by atoms with Crippen LogP contribution >= 0.6 is 11.6 Å². The van der Waals surface area contributed by atoms with Crippen molar-refractivity contribution in [3.05, 3.63) is 51.5 Å². The largest absolute Gasteiger partial charge is 0.459 e. The van der Waals surface area contributed by atoms with Gasteiger partial charge < -0.3 is 9.72 Å². The van der Waals surface area contributed by atoms with Crippen LogP contribution in [0.2, 0.25) is 5.02 Å². The second-order valence-corrected chi connectivity index (χ2v) is 4.35. The van der Waals surface area contributed by atoms with Crippen LogP contribution < -0.4 is 10.4 Å². The topological polar surface area (TPSA) is 83.7 Å².